The van der Waals surface area contributed by atoms with Crippen molar-refractivity contribution in [1.29, 1.82) is 0 Å². The molecule has 0 radical (unpaired) electrons. The zero-order valence-electron chi connectivity index (χ0n) is 8.16. The number of nitrogens with one attached hydrogen (secondary N) is 1. The van der Waals surface area contributed by atoms with Gasteiger partial charge in [-0.15, -0.1) is 0 Å². The van der Waals surface area contributed by atoms with Crippen molar-refractivity contribution in [2.75, 3.05) is 17.3 Å². The van der Waals surface area contributed by atoms with Gasteiger partial charge in [0, 0.05) is 28.9 Å². The number of hydrogen-bond donors (Lipinski definition) is 1. The minimum Gasteiger partial charge on any atom is -0.367 e. The Morgan fingerprint density at radius 3 is 2.86 bits per heavy atom. The first kappa shape index (κ1) is 11.1. The van der Waals surface area contributed by atoms with Gasteiger partial charge in [-0.1, -0.05) is 0 Å². The van der Waals surface area contributed by atoms with Crippen molar-refractivity contribution in [3.8, 4) is 0 Å². The second-order valence-electron chi connectivity index (χ2n) is 3.15. The molecular formula is C9H13FN2OS. The molecule has 2 unspecified atom stereocenters. The van der Waals surface area contributed by atoms with Gasteiger partial charge in [0.1, 0.15) is 11.6 Å². The van der Waals surface area contributed by atoms with Crippen LogP contribution < -0.4 is 5.32 Å². The van der Waals surface area contributed by atoms with Gasteiger partial charge in [-0.25, -0.2) is 9.37 Å². The van der Waals surface area contributed by atoms with Gasteiger partial charge in [0.2, 0.25) is 0 Å². The summed E-state index contributed by atoms with van der Waals surface area (Å²) < 4.78 is 23.4. The molecule has 0 fully saturated rings. The Balaban J connectivity index is 2.51. The predicted molar refractivity (Wildman–Crippen MR) is 56.2 cm³/mol. The summed E-state index contributed by atoms with van der Waals surface area (Å²) in [6.07, 6.45) is 2.80. The van der Waals surface area contributed by atoms with E-state index >= 15 is 0 Å². The van der Waals surface area contributed by atoms with E-state index in [1.165, 1.54) is 6.07 Å². The van der Waals surface area contributed by atoms with Crippen LogP contribution in [0.2, 0.25) is 0 Å². The van der Waals surface area contributed by atoms with E-state index in [-0.39, 0.29) is 11.9 Å². The third-order valence-electron chi connectivity index (χ3n) is 1.61. The largest absolute Gasteiger partial charge is 0.367 e. The lowest BCUT2D eigenvalue weighted by molar-refractivity contribution is 0.621. The molecule has 0 bridgehead atoms. The molecule has 78 valence electrons. The van der Waals surface area contributed by atoms with Gasteiger partial charge in [0.15, 0.2) is 0 Å². The fourth-order valence-corrected chi connectivity index (χ4v) is 1.89. The lowest BCUT2D eigenvalue weighted by Crippen LogP contribution is -2.22. The number of anilines is 1. The highest BCUT2D eigenvalue weighted by Gasteiger charge is 2.04. The fraction of sp³-hybridized carbons (Fsp3) is 0.444. The molecule has 1 heterocycles. The van der Waals surface area contributed by atoms with E-state index < -0.39 is 10.8 Å². The van der Waals surface area contributed by atoms with Crippen LogP contribution in [0.5, 0.6) is 0 Å². The molecular weight excluding hydrogens is 203 g/mol. The van der Waals surface area contributed by atoms with Crippen LogP contribution in [-0.2, 0) is 10.8 Å². The third kappa shape index (κ3) is 3.83. The highest BCUT2D eigenvalue weighted by Crippen LogP contribution is 2.05. The number of halogens is 1. The first-order valence-corrected chi connectivity index (χ1v) is 5.99. The Morgan fingerprint density at radius 2 is 2.36 bits per heavy atom. The zero-order chi connectivity index (χ0) is 10.6. The lowest BCUT2D eigenvalue weighted by atomic mass is 10.3. The van der Waals surface area contributed by atoms with E-state index in [0.29, 0.717) is 11.6 Å². The lowest BCUT2D eigenvalue weighted by Gasteiger charge is -2.12. The molecule has 0 spiro atoms. The molecule has 0 aliphatic rings. The second kappa shape index (κ2) is 5.05. The van der Waals surface area contributed by atoms with Crippen LogP contribution in [0.15, 0.2) is 18.3 Å². The topological polar surface area (TPSA) is 42.0 Å². The molecule has 0 aliphatic heterocycles. The number of pyridine rings is 1. The van der Waals surface area contributed by atoms with Gasteiger partial charge in [0.05, 0.1) is 6.20 Å². The van der Waals surface area contributed by atoms with Crippen LogP contribution in [0.25, 0.3) is 0 Å². The molecule has 0 saturated heterocycles. The fourth-order valence-electron chi connectivity index (χ4n) is 1.11. The van der Waals surface area contributed by atoms with E-state index in [2.05, 4.69) is 10.3 Å². The summed E-state index contributed by atoms with van der Waals surface area (Å²) in [5.74, 6) is 0.797. The number of nitrogens with zero attached hydrogens (tertiary/aromatic N) is 1. The van der Waals surface area contributed by atoms with Gasteiger partial charge in [-0.05, 0) is 19.1 Å². The highest BCUT2D eigenvalue weighted by atomic mass is 32.2. The van der Waals surface area contributed by atoms with Crippen molar-refractivity contribution in [3.63, 3.8) is 0 Å². The molecule has 1 aromatic heterocycles. The molecule has 1 aromatic rings. The molecule has 0 amide bonds. The van der Waals surface area contributed by atoms with E-state index in [9.17, 15) is 8.60 Å². The minimum absolute atomic E-state index is 0.0683. The van der Waals surface area contributed by atoms with Gasteiger partial charge in [0.25, 0.3) is 0 Å². The van der Waals surface area contributed by atoms with E-state index in [0.717, 1.165) is 6.20 Å². The van der Waals surface area contributed by atoms with Crippen molar-refractivity contribution in [1.82, 2.24) is 4.98 Å². The normalized spacial score (nSPS) is 14.8. The standard InChI is InChI=1S/C9H13FN2OS/c1-7(6-14(2)13)12-9-4-3-8(10)5-11-9/h3-5,7H,6H2,1-2H3,(H,11,12). The quantitative estimate of drug-likeness (QED) is 0.827. The predicted octanol–water partition coefficient (Wildman–Crippen LogP) is 1.40. The first-order chi connectivity index (χ1) is 6.58. The van der Waals surface area contributed by atoms with Crippen molar-refractivity contribution in [2.45, 2.75) is 13.0 Å². The average Bonchev–Trinajstić information content (AvgIpc) is 2.07. The SMILES string of the molecule is CC(CS(C)=O)Nc1ccc(F)cn1. The number of hydrogen-bond acceptors (Lipinski definition) is 3. The van der Waals surface area contributed by atoms with Crippen molar-refractivity contribution in [2.24, 2.45) is 0 Å². The summed E-state index contributed by atoms with van der Waals surface area (Å²) >= 11 is 0. The Bertz CT molecular complexity index is 315. The third-order valence-corrected chi connectivity index (χ3v) is 2.58. The summed E-state index contributed by atoms with van der Waals surface area (Å²) in [5, 5.41) is 3.03. The minimum atomic E-state index is -0.838. The summed E-state index contributed by atoms with van der Waals surface area (Å²) in [6.45, 7) is 1.91. The monoisotopic (exact) mass is 216 g/mol. The molecule has 1 N–H and O–H groups in total. The highest BCUT2D eigenvalue weighted by molar-refractivity contribution is 7.84. The average molecular weight is 216 g/mol. The van der Waals surface area contributed by atoms with E-state index in [1.807, 2.05) is 6.92 Å². The molecule has 0 saturated carbocycles. The van der Waals surface area contributed by atoms with Crippen LogP contribution in [-0.4, -0.2) is 27.2 Å². The maximum absolute atomic E-state index is 12.5. The second-order valence-corrected chi connectivity index (χ2v) is 4.63. The molecule has 0 aromatic carbocycles. The Labute approximate surface area is 85.2 Å². The summed E-state index contributed by atoms with van der Waals surface area (Å²) in [7, 11) is -0.838. The maximum Gasteiger partial charge on any atom is 0.141 e. The summed E-state index contributed by atoms with van der Waals surface area (Å²) in [6, 6.07) is 2.97. The van der Waals surface area contributed by atoms with Crippen LogP contribution in [0.3, 0.4) is 0 Å². The van der Waals surface area contributed by atoms with Crippen molar-refractivity contribution >= 4 is 16.6 Å². The van der Waals surface area contributed by atoms with Crippen molar-refractivity contribution < 1.29 is 8.60 Å². The van der Waals surface area contributed by atoms with Crippen LogP contribution in [0, 0.1) is 5.82 Å². The van der Waals surface area contributed by atoms with Crippen LogP contribution in [0.4, 0.5) is 10.2 Å². The van der Waals surface area contributed by atoms with Gasteiger partial charge in [-0.3, -0.25) is 4.21 Å². The van der Waals surface area contributed by atoms with Gasteiger partial charge < -0.3 is 5.32 Å². The van der Waals surface area contributed by atoms with Crippen molar-refractivity contribution in [3.05, 3.63) is 24.1 Å². The number of rotatable bonds is 4. The zero-order valence-corrected chi connectivity index (χ0v) is 8.97. The first-order valence-electron chi connectivity index (χ1n) is 4.26. The van der Waals surface area contributed by atoms with Gasteiger partial charge in [-0.2, -0.15) is 0 Å². The smallest absolute Gasteiger partial charge is 0.141 e. The molecule has 0 aliphatic carbocycles. The van der Waals surface area contributed by atoms with E-state index in [1.54, 1.807) is 12.3 Å². The van der Waals surface area contributed by atoms with Crippen LogP contribution >= 0.6 is 0 Å². The Morgan fingerprint density at radius 1 is 1.64 bits per heavy atom. The Hall–Kier alpha value is -0.970. The number of aromatic nitrogens is 1. The summed E-state index contributed by atoms with van der Waals surface area (Å²) in [5.41, 5.74) is 0. The summed E-state index contributed by atoms with van der Waals surface area (Å²) in [4.78, 5) is 3.84. The molecule has 5 heteroatoms. The Kier molecular flexibility index (Phi) is 4.00. The molecule has 1 rings (SSSR count). The van der Waals surface area contributed by atoms with E-state index in [4.69, 9.17) is 0 Å². The maximum atomic E-state index is 12.5. The molecule has 2 atom stereocenters. The molecule has 3 nitrogen and oxygen atoms in total. The van der Waals surface area contributed by atoms with Crippen LogP contribution in [0.1, 0.15) is 6.92 Å². The molecule has 14 heavy (non-hydrogen) atoms. The van der Waals surface area contributed by atoms with Gasteiger partial charge >= 0.3 is 0 Å².